The Morgan fingerprint density at radius 2 is 1.80 bits per heavy atom. The van der Waals surface area contributed by atoms with Crippen LogP contribution < -0.4 is 0 Å². The van der Waals surface area contributed by atoms with E-state index in [9.17, 15) is 9.36 Å². The van der Waals surface area contributed by atoms with Crippen LogP contribution in [0.5, 0.6) is 0 Å². The molecule has 0 fully saturated rings. The summed E-state index contributed by atoms with van der Waals surface area (Å²) in [5, 5.41) is 0. The van der Waals surface area contributed by atoms with E-state index in [1.54, 1.807) is 13.8 Å². The molecule has 60 valence electrons. The number of ketones is 1. The Labute approximate surface area is 61.3 Å². The van der Waals surface area contributed by atoms with Crippen LogP contribution in [0, 0.1) is 5.92 Å². The van der Waals surface area contributed by atoms with E-state index in [2.05, 4.69) is 0 Å². The Morgan fingerprint density at radius 3 is 1.90 bits per heavy atom. The lowest BCUT2D eigenvalue weighted by Gasteiger charge is -2.08. The van der Waals surface area contributed by atoms with Crippen LogP contribution in [0.4, 0.5) is 0 Å². The molecule has 0 amide bonds. The number of hydrogen-bond acceptors (Lipinski definition) is 2. The molecule has 0 aliphatic heterocycles. The van der Waals surface area contributed by atoms with Crippen molar-refractivity contribution in [2.75, 3.05) is 0 Å². The minimum Gasteiger partial charge on any atom is -0.346 e. The van der Waals surface area contributed by atoms with E-state index >= 15 is 0 Å². The number of carbonyl (C=O) groups excluding carboxylic acids is 1. The van der Waals surface area contributed by atoms with Gasteiger partial charge in [0.25, 0.3) is 0 Å². The average Bonchev–Trinajstić information content (AvgIpc) is 1.84. The highest BCUT2D eigenvalue weighted by Crippen LogP contribution is 2.24. The second kappa shape index (κ2) is 3.89. The molecule has 0 aromatic carbocycles. The molecule has 0 aromatic heterocycles. The summed E-state index contributed by atoms with van der Waals surface area (Å²) in [5.41, 5.74) is -0.676. The highest BCUT2D eigenvalue weighted by molar-refractivity contribution is 7.40. The molecule has 0 saturated heterocycles. The van der Waals surface area contributed by atoms with Crippen LogP contribution in [0.15, 0.2) is 0 Å². The Bertz CT molecular complexity index is 153. The van der Waals surface area contributed by atoms with E-state index in [0.717, 1.165) is 0 Å². The molecule has 0 bridgehead atoms. The summed E-state index contributed by atoms with van der Waals surface area (Å²) >= 11 is 0. The van der Waals surface area contributed by atoms with Crippen LogP contribution in [0.2, 0.25) is 0 Å². The van der Waals surface area contributed by atoms with Crippen molar-refractivity contribution in [2.45, 2.75) is 26.4 Å². The van der Waals surface area contributed by atoms with Crippen molar-refractivity contribution in [3.05, 3.63) is 0 Å². The van der Waals surface area contributed by atoms with Gasteiger partial charge < -0.3 is 4.89 Å². The SMILES string of the molecule is CC(C)C(=O)C(C)[PH](=O)O. The largest absolute Gasteiger partial charge is 0.346 e. The van der Waals surface area contributed by atoms with Crippen molar-refractivity contribution in [1.82, 2.24) is 0 Å². The summed E-state index contributed by atoms with van der Waals surface area (Å²) in [6.45, 7) is 4.94. The highest BCUT2D eigenvalue weighted by Gasteiger charge is 2.20. The smallest absolute Gasteiger partial charge is 0.199 e. The second-order valence-corrected chi connectivity index (χ2v) is 4.16. The normalized spacial score (nSPS) is 16.9. The maximum absolute atomic E-state index is 10.9. The standard InChI is InChI=1S/C6H13O3P/c1-4(2)6(7)5(3)10(8)9/h4-5,10H,1-3H3,(H,8,9). The molecule has 10 heavy (non-hydrogen) atoms. The van der Waals surface area contributed by atoms with Gasteiger partial charge in [0.2, 0.25) is 0 Å². The molecule has 4 heteroatoms. The van der Waals surface area contributed by atoms with Gasteiger partial charge in [0.1, 0.15) is 5.78 Å². The van der Waals surface area contributed by atoms with Crippen LogP contribution >= 0.6 is 8.03 Å². The van der Waals surface area contributed by atoms with Gasteiger partial charge in [-0.2, -0.15) is 0 Å². The van der Waals surface area contributed by atoms with Gasteiger partial charge >= 0.3 is 0 Å². The van der Waals surface area contributed by atoms with Crippen molar-refractivity contribution in [1.29, 1.82) is 0 Å². The monoisotopic (exact) mass is 164 g/mol. The highest BCUT2D eigenvalue weighted by atomic mass is 31.1. The molecule has 1 N–H and O–H groups in total. The first-order chi connectivity index (χ1) is 4.46. The molecule has 0 aromatic rings. The van der Waals surface area contributed by atoms with Crippen LogP contribution in [0.3, 0.4) is 0 Å². The summed E-state index contributed by atoms with van der Waals surface area (Å²) < 4.78 is 10.4. The Morgan fingerprint density at radius 1 is 1.40 bits per heavy atom. The third-order valence-electron chi connectivity index (χ3n) is 1.37. The summed E-state index contributed by atoms with van der Waals surface area (Å²) in [5.74, 6) is -0.275. The van der Waals surface area contributed by atoms with Crippen LogP contribution in [0.25, 0.3) is 0 Å². The lowest BCUT2D eigenvalue weighted by molar-refractivity contribution is -0.121. The average molecular weight is 164 g/mol. The van der Waals surface area contributed by atoms with Crippen LogP contribution in [-0.4, -0.2) is 16.3 Å². The summed E-state index contributed by atoms with van der Waals surface area (Å²) in [4.78, 5) is 19.5. The fraction of sp³-hybridized carbons (Fsp3) is 0.833. The van der Waals surface area contributed by atoms with Gasteiger partial charge in [0.05, 0.1) is 5.66 Å². The Hall–Kier alpha value is -0.140. The first-order valence-electron chi connectivity index (χ1n) is 3.23. The maximum Gasteiger partial charge on any atom is 0.199 e. The number of rotatable bonds is 3. The Kier molecular flexibility index (Phi) is 3.84. The van der Waals surface area contributed by atoms with Crippen molar-refractivity contribution >= 4 is 13.8 Å². The van der Waals surface area contributed by atoms with Crippen molar-refractivity contribution < 1.29 is 14.3 Å². The topological polar surface area (TPSA) is 54.4 Å². The molecule has 0 rings (SSSR count). The van der Waals surface area contributed by atoms with Gasteiger partial charge in [-0.15, -0.1) is 0 Å². The summed E-state index contributed by atoms with van der Waals surface area (Å²) in [7, 11) is -2.66. The molecule has 2 atom stereocenters. The van der Waals surface area contributed by atoms with E-state index in [4.69, 9.17) is 4.89 Å². The maximum atomic E-state index is 10.9. The lowest BCUT2D eigenvalue weighted by atomic mass is 10.1. The molecule has 0 heterocycles. The summed E-state index contributed by atoms with van der Waals surface area (Å²) in [6.07, 6.45) is 0. The van der Waals surface area contributed by atoms with Crippen molar-refractivity contribution in [2.24, 2.45) is 5.92 Å². The molecule has 2 unspecified atom stereocenters. The number of hydrogen-bond donors (Lipinski definition) is 1. The zero-order chi connectivity index (χ0) is 8.31. The minimum absolute atomic E-state index is 0.133. The fourth-order valence-electron chi connectivity index (χ4n) is 0.622. The number of carbonyl (C=O) groups is 1. The third kappa shape index (κ3) is 2.63. The van der Waals surface area contributed by atoms with E-state index in [0.29, 0.717) is 0 Å². The van der Waals surface area contributed by atoms with Gasteiger partial charge in [0, 0.05) is 5.92 Å². The lowest BCUT2D eigenvalue weighted by Crippen LogP contribution is -2.18. The van der Waals surface area contributed by atoms with Crippen molar-refractivity contribution in [3.63, 3.8) is 0 Å². The molecule has 0 saturated carbocycles. The molecule has 3 nitrogen and oxygen atoms in total. The molecule has 0 aliphatic carbocycles. The van der Waals surface area contributed by atoms with E-state index < -0.39 is 13.7 Å². The van der Waals surface area contributed by atoms with Gasteiger partial charge in [-0.3, -0.25) is 9.36 Å². The van der Waals surface area contributed by atoms with Gasteiger partial charge in [-0.05, 0) is 6.92 Å². The number of Topliss-reactive ketones (excluding diaryl/α,β-unsaturated/α-hetero) is 1. The quantitative estimate of drug-likeness (QED) is 0.634. The molecule has 0 radical (unpaired) electrons. The molecular weight excluding hydrogens is 151 g/mol. The minimum atomic E-state index is -2.66. The summed E-state index contributed by atoms with van der Waals surface area (Å²) in [6, 6.07) is 0. The Balaban J connectivity index is 4.08. The first kappa shape index (κ1) is 9.86. The zero-order valence-electron chi connectivity index (χ0n) is 6.42. The predicted octanol–water partition coefficient (Wildman–Crippen LogP) is 1.07. The van der Waals surface area contributed by atoms with Gasteiger partial charge in [-0.1, -0.05) is 13.8 Å². The molecular formula is C6H13O3P. The van der Waals surface area contributed by atoms with Crippen LogP contribution in [0.1, 0.15) is 20.8 Å². The van der Waals surface area contributed by atoms with Gasteiger partial charge in [0.15, 0.2) is 8.03 Å². The zero-order valence-corrected chi connectivity index (χ0v) is 7.42. The van der Waals surface area contributed by atoms with E-state index in [1.807, 2.05) is 0 Å². The first-order valence-corrected chi connectivity index (χ1v) is 4.66. The predicted molar refractivity (Wildman–Crippen MR) is 40.5 cm³/mol. The van der Waals surface area contributed by atoms with E-state index in [1.165, 1.54) is 6.92 Å². The molecule has 0 aliphatic rings. The van der Waals surface area contributed by atoms with Crippen LogP contribution in [-0.2, 0) is 9.36 Å². The van der Waals surface area contributed by atoms with Crippen molar-refractivity contribution in [3.8, 4) is 0 Å². The van der Waals surface area contributed by atoms with Gasteiger partial charge in [-0.25, -0.2) is 0 Å². The third-order valence-corrected chi connectivity index (χ3v) is 2.39. The fourth-order valence-corrected chi connectivity index (χ4v) is 1.20. The molecule has 0 spiro atoms. The second-order valence-electron chi connectivity index (χ2n) is 2.62. The van der Waals surface area contributed by atoms with E-state index in [-0.39, 0.29) is 11.7 Å².